The zero-order valence-corrected chi connectivity index (χ0v) is 17.4. The molecule has 1 heterocycles. The summed E-state index contributed by atoms with van der Waals surface area (Å²) in [5.41, 5.74) is 3.08. The summed E-state index contributed by atoms with van der Waals surface area (Å²) in [4.78, 5) is 28.0. The van der Waals surface area contributed by atoms with Crippen molar-refractivity contribution in [2.24, 2.45) is 0 Å². The fourth-order valence-corrected chi connectivity index (χ4v) is 4.74. The van der Waals surface area contributed by atoms with Crippen LogP contribution in [0.25, 0.3) is 5.76 Å². The maximum Gasteiger partial charge on any atom is 0.295 e. The number of benzene rings is 2. The van der Waals surface area contributed by atoms with E-state index in [1.54, 1.807) is 29.2 Å². The van der Waals surface area contributed by atoms with Gasteiger partial charge in [0, 0.05) is 11.6 Å². The van der Waals surface area contributed by atoms with Gasteiger partial charge in [0.25, 0.3) is 11.7 Å². The number of carbonyl (C=O) groups excluding carboxylic acids is 2. The molecule has 2 N–H and O–H groups in total. The number of phenols is 1. The largest absolute Gasteiger partial charge is 0.508 e. The van der Waals surface area contributed by atoms with Gasteiger partial charge in [0.1, 0.15) is 11.5 Å². The average Bonchev–Trinajstić information content (AvgIpc) is 3.01. The van der Waals surface area contributed by atoms with Gasteiger partial charge in [-0.3, -0.25) is 9.59 Å². The number of rotatable bonds is 3. The molecule has 0 bridgehead atoms. The molecule has 1 saturated heterocycles. The Kier molecular flexibility index (Phi) is 5.37. The number of Topliss-reactive ketones (excluding diaryl/α,β-unsaturated/α-hetero) is 1. The molecule has 156 valence electrons. The molecule has 30 heavy (non-hydrogen) atoms. The normalized spacial score (nSPS) is 21.9. The van der Waals surface area contributed by atoms with Gasteiger partial charge in [-0.1, -0.05) is 49.1 Å². The molecule has 1 unspecified atom stereocenters. The second-order valence-corrected chi connectivity index (χ2v) is 8.41. The molecule has 1 atom stereocenters. The Balaban J connectivity index is 1.92. The topological polar surface area (TPSA) is 77.8 Å². The van der Waals surface area contributed by atoms with Gasteiger partial charge >= 0.3 is 0 Å². The summed E-state index contributed by atoms with van der Waals surface area (Å²) in [5.74, 6) is -1.32. The van der Waals surface area contributed by atoms with Crippen molar-refractivity contribution in [3.05, 3.63) is 70.3 Å². The number of aromatic hydroxyl groups is 1. The van der Waals surface area contributed by atoms with E-state index in [4.69, 9.17) is 0 Å². The Hall–Kier alpha value is -3.08. The number of nitrogens with zero attached hydrogens (tertiary/aromatic N) is 1. The number of aryl methyl sites for hydroxylation is 2. The highest BCUT2D eigenvalue weighted by atomic mass is 16.3. The number of aliphatic hydroxyl groups is 1. The Morgan fingerprint density at radius 2 is 1.73 bits per heavy atom. The number of phenolic OH excluding ortho intramolecular Hbond substituents is 1. The third-order valence-corrected chi connectivity index (χ3v) is 6.28. The first-order chi connectivity index (χ1) is 14.4. The van der Waals surface area contributed by atoms with Crippen LogP contribution in [0.3, 0.4) is 0 Å². The van der Waals surface area contributed by atoms with E-state index in [0.717, 1.165) is 43.2 Å². The smallest absolute Gasteiger partial charge is 0.295 e. The van der Waals surface area contributed by atoms with Crippen molar-refractivity contribution in [2.75, 3.05) is 0 Å². The molecule has 2 fully saturated rings. The van der Waals surface area contributed by atoms with Crippen molar-refractivity contribution >= 4 is 17.4 Å². The molecule has 5 nitrogen and oxygen atoms in total. The van der Waals surface area contributed by atoms with Crippen molar-refractivity contribution in [3.8, 4) is 5.75 Å². The van der Waals surface area contributed by atoms with Crippen LogP contribution in [0.1, 0.15) is 60.4 Å². The zero-order valence-electron chi connectivity index (χ0n) is 17.4. The third-order valence-electron chi connectivity index (χ3n) is 6.28. The molecular weight excluding hydrogens is 378 g/mol. The minimum atomic E-state index is -0.708. The van der Waals surface area contributed by atoms with Crippen molar-refractivity contribution in [1.82, 2.24) is 4.90 Å². The monoisotopic (exact) mass is 405 g/mol. The summed E-state index contributed by atoms with van der Waals surface area (Å²) in [6, 6.07) is 11.5. The lowest BCUT2D eigenvalue weighted by atomic mass is 9.90. The van der Waals surface area contributed by atoms with Crippen molar-refractivity contribution < 1.29 is 19.8 Å². The molecule has 2 aromatic rings. The molecule has 0 spiro atoms. The van der Waals surface area contributed by atoms with Gasteiger partial charge in [-0.05, 0) is 56.0 Å². The zero-order chi connectivity index (χ0) is 21.4. The summed E-state index contributed by atoms with van der Waals surface area (Å²) < 4.78 is 0. The van der Waals surface area contributed by atoms with Gasteiger partial charge in [0.15, 0.2) is 0 Å². The molecule has 1 aliphatic heterocycles. The van der Waals surface area contributed by atoms with Crippen LogP contribution in [0.5, 0.6) is 5.75 Å². The maximum atomic E-state index is 13.2. The fourth-order valence-electron chi connectivity index (χ4n) is 4.74. The van der Waals surface area contributed by atoms with Gasteiger partial charge < -0.3 is 15.1 Å². The van der Waals surface area contributed by atoms with Crippen LogP contribution >= 0.6 is 0 Å². The Labute approximate surface area is 176 Å². The first-order valence-corrected chi connectivity index (χ1v) is 10.5. The van der Waals surface area contributed by atoms with Crippen LogP contribution in [0.4, 0.5) is 0 Å². The van der Waals surface area contributed by atoms with Gasteiger partial charge in [-0.25, -0.2) is 0 Å². The van der Waals surface area contributed by atoms with Gasteiger partial charge in [0.2, 0.25) is 0 Å². The maximum absolute atomic E-state index is 13.2. The van der Waals surface area contributed by atoms with E-state index in [1.807, 2.05) is 32.0 Å². The third kappa shape index (κ3) is 3.49. The first-order valence-electron chi connectivity index (χ1n) is 10.5. The average molecular weight is 405 g/mol. The lowest BCUT2D eigenvalue weighted by Gasteiger charge is -2.35. The Bertz CT molecular complexity index is 1030. The summed E-state index contributed by atoms with van der Waals surface area (Å²) >= 11 is 0. The molecule has 0 radical (unpaired) electrons. The first kappa shape index (κ1) is 20.2. The number of aliphatic hydroxyl groups excluding tert-OH is 1. The van der Waals surface area contributed by atoms with Crippen LogP contribution in [0.2, 0.25) is 0 Å². The highest BCUT2D eigenvalue weighted by molar-refractivity contribution is 6.46. The van der Waals surface area contributed by atoms with Crippen molar-refractivity contribution in [1.29, 1.82) is 0 Å². The number of carbonyl (C=O) groups is 2. The predicted octanol–water partition coefficient (Wildman–Crippen LogP) is 4.76. The summed E-state index contributed by atoms with van der Waals surface area (Å²) in [6.45, 7) is 3.79. The molecule has 1 saturated carbocycles. The fraction of sp³-hybridized carbons (Fsp3) is 0.360. The highest BCUT2D eigenvalue weighted by Crippen LogP contribution is 2.43. The standard InChI is InChI=1S/C25H27NO4/c1-15-11-12-16(2)20(13-15)23(28)21-22(17-7-6-10-19(27)14-17)26(25(30)24(21)29)18-8-4-3-5-9-18/h6-7,10-14,18,22,27-28H,3-5,8-9H2,1-2H3/b23-21+. The summed E-state index contributed by atoms with van der Waals surface area (Å²) in [5, 5.41) is 21.3. The molecule has 5 heteroatoms. The van der Waals surface area contributed by atoms with Crippen LogP contribution in [0, 0.1) is 13.8 Å². The van der Waals surface area contributed by atoms with E-state index in [-0.39, 0.29) is 23.1 Å². The molecule has 1 aliphatic carbocycles. The molecule has 2 aliphatic rings. The van der Waals surface area contributed by atoms with E-state index >= 15 is 0 Å². The van der Waals surface area contributed by atoms with Gasteiger partial charge in [-0.15, -0.1) is 0 Å². The minimum absolute atomic E-state index is 0.0496. The van der Waals surface area contributed by atoms with Gasteiger partial charge in [-0.2, -0.15) is 0 Å². The Morgan fingerprint density at radius 3 is 2.43 bits per heavy atom. The summed E-state index contributed by atoms with van der Waals surface area (Å²) in [7, 11) is 0. The van der Waals surface area contributed by atoms with Crippen LogP contribution in [-0.4, -0.2) is 32.8 Å². The number of likely N-dealkylation sites (tertiary alicyclic amines) is 1. The highest BCUT2D eigenvalue weighted by Gasteiger charge is 2.49. The number of ketones is 1. The van der Waals surface area contributed by atoms with Crippen LogP contribution < -0.4 is 0 Å². The molecule has 0 aromatic heterocycles. The second kappa shape index (κ2) is 7.98. The van der Waals surface area contributed by atoms with Gasteiger partial charge in [0.05, 0.1) is 11.6 Å². The number of amides is 1. The number of hydrogen-bond donors (Lipinski definition) is 2. The quantitative estimate of drug-likeness (QED) is 0.438. The van der Waals surface area contributed by atoms with E-state index < -0.39 is 17.7 Å². The molecule has 4 rings (SSSR count). The lowest BCUT2D eigenvalue weighted by molar-refractivity contribution is -0.141. The van der Waals surface area contributed by atoms with E-state index in [1.165, 1.54) is 0 Å². The minimum Gasteiger partial charge on any atom is -0.508 e. The Morgan fingerprint density at radius 1 is 1.00 bits per heavy atom. The van der Waals surface area contributed by atoms with Crippen molar-refractivity contribution in [2.45, 2.75) is 58.0 Å². The number of hydrogen-bond acceptors (Lipinski definition) is 4. The van der Waals surface area contributed by atoms with Crippen molar-refractivity contribution in [3.63, 3.8) is 0 Å². The van der Waals surface area contributed by atoms with E-state index in [2.05, 4.69) is 0 Å². The van der Waals surface area contributed by atoms with Crippen LogP contribution in [-0.2, 0) is 9.59 Å². The lowest BCUT2D eigenvalue weighted by Crippen LogP contribution is -2.40. The SMILES string of the molecule is Cc1ccc(C)c(/C(O)=C2\C(=O)C(=O)N(C3CCCCC3)C2c2cccc(O)c2)c1. The van der Waals surface area contributed by atoms with E-state index in [9.17, 15) is 19.8 Å². The molecular formula is C25H27NO4. The molecule has 1 amide bonds. The summed E-state index contributed by atoms with van der Waals surface area (Å²) in [6.07, 6.45) is 4.83. The molecule has 2 aromatic carbocycles. The van der Waals surface area contributed by atoms with E-state index in [0.29, 0.717) is 11.1 Å². The van der Waals surface area contributed by atoms with Crippen LogP contribution in [0.15, 0.2) is 48.0 Å². The second-order valence-electron chi connectivity index (χ2n) is 8.41. The predicted molar refractivity (Wildman–Crippen MR) is 115 cm³/mol.